The van der Waals surface area contributed by atoms with E-state index >= 15 is 0 Å². The predicted molar refractivity (Wildman–Crippen MR) is 112 cm³/mol. The second kappa shape index (κ2) is 9.54. The van der Waals surface area contributed by atoms with Gasteiger partial charge in [-0.15, -0.1) is 11.3 Å². The highest BCUT2D eigenvalue weighted by atomic mass is 32.1. The summed E-state index contributed by atoms with van der Waals surface area (Å²) in [4.78, 5) is 5.77. The highest BCUT2D eigenvalue weighted by molar-refractivity contribution is 7.18. The summed E-state index contributed by atoms with van der Waals surface area (Å²) in [6.45, 7) is 5.15. The summed E-state index contributed by atoms with van der Waals surface area (Å²) >= 11 is 1.73. The summed E-state index contributed by atoms with van der Waals surface area (Å²) in [6.07, 6.45) is 8.28. The van der Waals surface area contributed by atoms with Crippen molar-refractivity contribution in [2.45, 2.75) is 46.0 Å². The van der Waals surface area contributed by atoms with Crippen LogP contribution in [0.25, 0.3) is 21.0 Å². The predicted octanol–water partition coefficient (Wildman–Crippen LogP) is 7.13. The first-order valence-electron chi connectivity index (χ1n) is 9.52. The Morgan fingerprint density at radius 3 is 2.27 bits per heavy atom. The molecule has 0 saturated carbocycles. The molecule has 0 fully saturated rings. The molecule has 0 amide bonds. The maximum atomic E-state index is 5.85. The van der Waals surface area contributed by atoms with Gasteiger partial charge in [0, 0.05) is 11.8 Å². The Labute approximate surface area is 160 Å². The summed E-state index contributed by atoms with van der Waals surface area (Å²) in [7, 11) is 0. The number of hydrogen-bond acceptors (Lipinski definition) is 3. The van der Waals surface area contributed by atoms with Gasteiger partial charge >= 0.3 is 0 Å². The number of aromatic nitrogens is 1. The summed E-state index contributed by atoms with van der Waals surface area (Å²) < 4.78 is 5.85. The molecule has 3 rings (SSSR count). The van der Waals surface area contributed by atoms with Crippen molar-refractivity contribution >= 4 is 11.3 Å². The number of unbranched alkanes of at least 4 members (excludes halogenated alkanes) is 4. The molecule has 1 aromatic heterocycles. The average Bonchev–Trinajstić information content (AvgIpc) is 3.16. The van der Waals surface area contributed by atoms with Gasteiger partial charge in [-0.1, -0.05) is 62.4 Å². The molecule has 2 aromatic carbocycles. The molecular formula is C23H27NOS. The quantitative estimate of drug-likeness (QED) is 0.376. The molecule has 2 nitrogen and oxygen atoms in total. The first-order valence-corrected chi connectivity index (χ1v) is 10.3. The molecule has 3 aromatic rings. The van der Waals surface area contributed by atoms with E-state index in [1.54, 1.807) is 11.3 Å². The molecule has 0 N–H and O–H groups in total. The van der Waals surface area contributed by atoms with E-state index in [2.05, 4.69) is 67.4 Å². The maximum Gasteiger partial charge on any atom is 0.123 e. The van der Waals surface area contributed by atoms with E-state index in [9.17, 15) is 0 Å². The number of benzene rings is 2. The van der Waals surface area contributed by atoms with E-state index in [-0.39, 0.29) is 0 Å². The lowest BCUT2D eigenvalue weighted by atomic mass is 10.1. The number of nitrogens with zero attached hydrogens (tertiary/aromatic N) is 1. The smallest absolute Gasteiger partial charge is 0.123 e. The van der Waals surface area contributed by atoms with Crippen molar-refractivity contribution in [3.8, 4) is 26.8 Å². The van der Waals surface area contributed by atoms with Crippen LogP contribution in [-0.2, 0) is 0 Å². The first-order chi connectivity index (χ1) is 12.8. The molecule has 26 heavy (non-hydrogen) atoms. The van der Waals surface area contributed by atoms with Crippen LogP contribution in [0.3, 0.4) is 0 Å². The minimum Gasteiger partial charge on any atom is -0.494 e. The van der Waals surface area contributed by atoms with E-state index in [4.69, 9.17) is 4.74 Å². The van der Waals surface area contributed by atoms with Gasteiger partial charge in [0.1, 0.15) is 10.8 Å². The molecule has 0 unspecified atom stereocenters. The van der Waals surface area contributed by atoms with E-state index in [1.807, 2.05) is 6.20 Å². The van der Waals surface area contributed by atoms with Crippen molar-refractivity contribution in [2.24, 2.45) is 0 Å². The minimum atomic E-state index is 0.807. The Kier molecular flexibility index (Phi) is 6.84. The molecule has 0 aliphatic rings. The normalized spacial score (nSPS) is 10.8. The van der Waals surface area contributed by atoms with Crippen molar-refractivity contribution in [2.75, 3.05) is 6.61 Å². The van der Waals surface area contributed by atoms with Crippen LogP contribution in [0.1, 0.15) is 44.6 Å². The molecule has 3 heteroatoms. The molecular weight excluding hydrogens is 338 g/mol. The molecule has 0 spiro atoms. The zero-order valence-electron chi connectivity index (χ0n) is 15.7. The SMILES string of the molecule is CCCCCCCOc1ccc(-c2cnc(-c3ccc(C)cc3)s2)cc1. The zero-order chi connectivity index (χ0) is 18.2. The van der Waals surface area contributed by atoms with Crippen molar-refractivity contribution in [1.29, 1.82) is 0 Å². The van der Waals surface area contributed by atoms with Gasteiger partial charge in [-0.25, -0.2) is 4.98 Å². The van der Waals surface area contributed by atoms with Gasteiger partial charge in [-0.3, -0.25) is 0 Å². The summed E-state index contributed by atoms with van der Waals surface area (Å²) in [5.74, 6) is 0.951. The number of thiazole rings is 1. The second-order valence-corrected chi connectivity index (χ2v) is 7.71. The number of hydrogen-bond donors (Lipinski definition) is 0. The molecule has 0 aliphatic heterocycles. The van der Waals surface area contributed by atoms with Gasteiger partial charge < -0.3 is 4.74 Å². The van der Waals surface area contributed by atoms with Gasteiger partial charge in [0.2, 0.25) is 0 Å². The van der Waals surface area contributed by atoms with Crippen LogP contribution in [0.5, 0.6) is 5.75 Å². The van der Waals surface area contributed by atoms with Gasteiger partial charge in [0.25, 0.3) is 0 Å². The average molecular weight is 366 g/mol. The van der Waals surface area contributed by atoms with Gasteiger partial charge in [0.15, 0.2) is 0 Å². The van der Waals surface area contributed by atoms with Crippen LogP contribution in [0, 0.1) is 6.92 Å². The van der Waals surface area contributed by atoms with E-state index in [1.165, 1.54) is 47.3 Å². The highest BCUT2D eigenvalue weighted by Crippen LogP contribution is 2.32. The zero-order valence-corrected chi connectivity index (χ0v) is 16.5. The van der Waals surface area contributed by atoms with Crippen LogP contribution in [0.15, 0.2) is 54.7 Å². The van der Waals surface area contributed by atoms with Crippen LogP contribution < -0.4 is 4.74 Å². The van der Waals surface area contributed by atoms with Gasteiger partial charge in [0.05, 0.1) is 11.5 Å². The fourth-order valence-corrected chi connectivity index (χ4v) is 3.78. The Hall–Kier alpha value is -2.13. The molecule has 0 atom stereocenters. The van der Waals surface area contributed by atoms with E-state index < -0.39 is 0 Å². The number of rotatable bonds is 9. The Balaban J connectivity index is 1.56. The monoisotopic (exact) mass is 365 g/mol. The summed E-state index contributed by atoms with van der Waals surface area (Å²) in [5.41, 5.74) is 3.64. The van der Waals surface area contributed by atoms with Gasteiger partial charge in [-0.2, -0.15) is 0 Å². The van der Waals surface area contributed by atoms with Crippen LogP contribution in [0.2, 0.25) is 0 Å². The third-order valence-corrected chi connectivity index (χ3v) is 5.56. The molecule has 0 saturated heterocycles. The lowest BCUT2D eigenvalue weighted by molar-refractivity contribution is 0.304. The van der Waals surface area contributed by atoms with Gasteiger partial charge in [-0.05, 0) is 43.2 Å². The van der Waals surface area contributed by atoms with Crippen molar-refractivity contribution < 1.29 is 4.74 Å². The Morgan fingerprint density at radius 2 is 1.54 bits per heavy atom. The van der Waals surface area contributed by atoms with Crippen molar-refractivity contribution in [3.63, 3.8) is 0 Å². The second-order valence-electron chi connectivity index (χ2n) is 6.68. The summed E-state index contributed by atoms with van der Waals surface area (Å²) in [5, 5.41) is 1.06. The molecule has 136 valence electrons. The third-order valence-electron chi connectivity index (χ3n) is 4.46. The van der Waals surface area contributed by atoms with Crippen molar-refractivity contribution in [1.82, 2.24) is 4.98 Å². The summed E-state index contributed by atoms with van der Waals surface area (Å²) in [6, 6.07) is 16.9. The largest absolute Gasteiger partial charge is 0.494 e. The third kappa shape index (κ3) is 5.18. The van der Waals surface area contributed by atoms with E-state index in [0.29, 0.717) is 0 Å². The molecule has 0 radical (unpaired) electrons. The molecule has 1 heterocycles. The standard InChI is InChI=1S/C23H27NOS/c1-3-4-5-6-7-16-25-21-14-12-19(13-15-21)22-17-24-23(26-22)20-10-8-18(2)9-11-20/h8-15,17H,3-7,16H2,1-2H3. The first kappa shape index (κ1) is 18.7. The Bertz CT molecular complexity index is 790. The van der Waals surface area contributed by atoms with Crippen LogP contribution in [0.4, 0.5) is 0 Å². The van der Waals surface area contributed by atoms with Crippen LogP contribution >= 0.6 is 11.3 Å². The fourth-order valence-electron chi connectivity index (χ4n) is 2.85. The van der Waals surface area contributed by atoms with Crippen LogP contribution in [-0.4, -0.2) is 11.6 Å². The topological polar surface area (TPSA) is 22.1 Å². The van der Waals surface area contributed by atoms with E-state index in [0.717, 1.165) is 23.8 Å². The lowest BCUT2D eigenvalue weighted by Crippen LogP contribution is -1.97. The molecule has 0 aliphatic carbocycles. The molecule has 0 bridgehead atoms. The fraction of sp³-hybridized carbons (Fsp3) is 0.348. The Morgan fingerprint density at radius 1 is 0.846 bits per heavy atom. The highest BCUT2D eigenvalue weighted by Gasteiger charge is 2.07. The number of aryl methyl sites for hydroxylation is 1. The lowest BCUT2D eigenvalue weighted by Gasteiger charge is -2.06. The number of ether oxygens (including phenoxy) is 1. The maximum absolute atomic E-state index is 5.85. The minimum absolute atomic E-state index is 0.807. The van der Waals surface area contributed by atoms with Crippen molar-refractivity contribution in [3.05, 3.63) is 60.3 Å².